The quantitative estimate of drug-likeness (QED) is 0.694. The second-order valence-corrected chi connectivity index (χ2v) is 8.08. The summed E-state index contributed by atoms with van der Waals surface area (Å²) >= 11 is 0. The SMILES string of the molecule is Cc1ccc(CNCC(C)C2CCC[C@@H](Oc3cccc(C)c3)C2)cc1. The normalized spacial score (nSPS) is 21.3. The maximum Gasteiger partial charge on any atom is 0.119 e. The molecule has 26 heavy (non-hydrogen) atoms. The Morgan fingerprint density at radius 3 is 2.62 bits per heavy atom. The average molecular weight is 352 g/mol. The van der Waals surface area contributed by atoms with Gasteiger partial charge < -0.3 is 10.1 Å². The Hall–Kier alpha value is -1.80. The molecule has 2 heteroatoms. The zero-order chi connectivity index (χ0) is 18.4. The predicted octanol–water partition coefficient (Wildman–Crippen LogP) is 5.67. The summed E-state index contributed by atoms with van der Waals surface area (Å²) in [6, 6.07) is 17.3. The second kappa shape index (κ2) is 9.23. The van der Waals surface area contributed by atoms with Crippen LogP contribution in [0.3, 0.4) is 0 Å². The molecule has 0 heterocycles. The summed E-state index contributed by atoms with van der Waals surface area (Å²) in [5.41, 5.74) is 3.96. The van der Waals surface area contributed by atoms with Crippen molar-refractivity contribution < 1.29 is 4.74 Å². The maximum absolute atomic E-state index is 6.28. The van der Waals surface area contributed by atoms with Crippen molar-refractivity contribution in [1.29, 1.82) is 0 Å². The lowest BCUT2D eigenvalue weighted by atomic mass is 9.79. The monoisotopic (exact) mass is 351 g/mol. The van der Waals surface area contributed by atoms with Gasteiger partial charge in [0.2, 0.25) is 0 Å². The lowest BCUT2D eigenvalue weighted by Crippen LogP contribution is -2.33. The molecule has 1 fully saturated rings. The number of hydrogen-bond donors (Lipinski definition) is 1. The van der Waals surface area contributed by atoms with Crippen LogP contribution in [0.5, 0.6) is 5.75 Å². The average Bonchev–Trinajstić information content (AvgIpc) is 2.63. The van der Waals surface area contributed by atoms with Crippen molar-refractivity contribution in [3.63, 3.8) is 0 Å². The standard InChI is InChI=1S/C24H33NO/c1-18-10-12-21(13-11-18)17-25-16-20(3)22-7-5-9-24(15-22)26-23-8-4-6-19(2)14-23/h4,6,8,10-14,20,22,24-25H,5,7,9,15-17H2,1-3H3/t20?,22?,24-/m1/s1. The Balaban J connectivity index is 1.45. The Bertz CT molecular complexity index is 679. The molecule has 0 saturated heterocycles. The van der Waals surface area contributed by atoms with E-state index in [1.807, 2.05) is 0 Å². The second-order valence-electron chi connectivity index (χ2n) is 8.08. The smallest absolute Gasteiger partial charge is 0.119 e. The first-order valence-corrected chi connectivity index (χ1v) is 10.1. The number of rotatable bonds is 7. The molecule has 3 atom stereocenters. The summed E-state index contributed by atoms with van der Waals surface area (Å²) in [6.07, 6.45) is 5.36. The molecule has 2 nitrogen and oxygen atoms in total. The Morgan fingerprint density at radius 2 is 1.85 bits per heavy atom. The van der Waals surface area contributed by atoms with E-state index >= 15 is 0 Å². The van der Waals surface area contributed by atoms with Crippen LogP contribution in [-0.4, -0.2) is 12.6 Å². The van der Waals surface area contributed by atoms with E-state index in [1.165, 1.54) is 42.4 Å². The van der Waals surface area contributed by atoms with E-state index in [4.69, 9.17) is 4.74 Å². The first-order valence-electron chi connectivity index (χ1n) is 10.1. The summed E-state index contributed by atoms with van der Waals surface area (Å²) < 4.78 is 6.28. The molecule has 0 bridgehead atoms. The third kappa shape index (κ3) is 5.60. The molecule has 1 aliphatic carbocycles. The fourth-order valence-electron chi connectivity index (χ4n) is 4.00. The zero-order valence-corrected chi connectivity index (χ0v) is 16.5. The number of aryl methyl sites for hydroxylation is 2. The van der Waals surface area contributed by atoms with E-state index in [2.05, 4.69) is 74.6 Å². The van der Waals surface area contributed by atoms with Gasteiger partial charge in [0, 0.05) is 6.54 Å². The summed E-state index contributed by atoms with van der Waals surface area (Å²) in [6.45, 7) is 8.69. The van der Waals surface area contributed by atoms with Crippen molar-refractivity contribution in [2.75, 3.05) is 6.54 Å². The van der Waals surface area contributed by atoms with Gasteiger partial charge in [-0.05, 0) is 81.2 Å². The minimum Gasteiger partial charge on any atom is -0.490 e. The fourth-order valence-corrected chi connectivity index (χ4v) is 4.00. The van der Waals surface area contributed by atoms with Crippen LogP contribution in [0.2, 0.25) is 0 Å². The van der Waals surface area contributed by atoms with Crippen LogP contribution < -0.4 is 10.1 Å². The summed E-state index contributed by atoms with van der Waals surface area (Å²) in [5.74, 6) is 2.47. The van der Waals surface area contributed by atoms with Crippen molar-refractivity contribution in [3.8, 4) is 5.75 Å². The van der Waals surface area contributed by atoms with Gasteiger partial charge in [-0.3, -0.25) is 0 Å². The molecule has 2 aromatic rings. The van der Waals surface area contributed by atoms with Gasteiger partial charge in [-0.2, -0.15) is 0 Å². The molecule has 0 aliphatic heterocycles. The number of benzene rings is 2. The van der Waals surface area contributed by atoms with Crippen LogP contribution in [0.4, 0.5) is 0 Å². The van der Waals surface area contributed by atoms with Crippen molar-refractivity contribution in [2.45, 2.75) is 59.1 Å². The largest absolute Gasteiger partial charge is 0.490 e. The molecule has 1 N–H and O–H groups in total. The minimum absolute atomic E-state index is 0.370. The Labute approximate surface area is 159 Å². The Kier molecular flexibility index (Phi) is 6.73. The van der Waals surface area contributed by atoms with E-state index in [-0.39, 0.29) is 0 Å². The molecule has 0 aromatic heterocycles. The van der Waals surface area contributed by atoms with Crippen LogP contribution in [0, 0.1) is 25.7 Å². The molecule has 2 unspecified atom stereocenters. The molecular weight excluding hydrogens is 318 g/mol. The van der Waals surface area contributed by atoms with Gasteiger partial charge in [0.25, 0.3) is 0 Å². The number of nitrogens with one attached hydrogen (secondary N) is 1. The third-order valence-electron chi connectivity index (χ3n) is 5.68. The van der Waals surface area contributed by atoms with Crippen LogP contribution >= 0.6 is 0 Å². The molecule has 0 spiro atoms. The molecule has 1 aliphatic rings. The van der Waals surface area contributed by atoms with Crippen molar-refractivity contribution in [3.05, 3.63) is 65.2 Å². The van der Waals surface area contributed by atoms with Gasteiger partial charge in [0.05, 0.1) is 6.10 Å². The molecular formula is C24H33NO. The van der Waals surface area contributed by atoms with Gasteiger partial charge in [-0.1, -0.05) is 48.9 Å². The Morgan fingerprint density at radius 1 is 1.04 bits per heavy atom. The summed E-state index contributed by atoms with van der Waals surface area (Å²) in [4.78, 5) is 0. The first-order chi connectivity index (χ1) is 12.6. The number of hydrogen-bond acceptors (Lipinski definition) is 2. The summed E-state index contributed by atoms with van der Waals surface area (Å²) in [5, 5.41) is 3.65. The van der Waals surface area contributed by atoms with Gasteiger partial charge in [-0.15, -0.1) is 0 Å². The highest BCUT2D eigenvalue weighted by atomic mass is 16.5. The van der Waals surface area contributed by atoms with E-state index in [0.29, 0.717) is 12.0 Å². The van der Waals surface area contributed by atoms with Gasteiger partial charge in [-0.25, -0.2) is 0 Å². The minimum atomic E-state index is 0.370. The lowest BCUT2D eigenvalue weighted by molar-refractivity contribution is 0.102. The third-order valence-corrected chi connectivity index (χ3v) is 5.68. The highest BCUT2D eigenvalue weighted by molar-refractivity contribution is 5.27. The molecule has 1 saturated carbocycles. The summed E-state index contributed by atoms with van der Waals surface area (Å²) in [7, 11) is 0. The first kappa shape index (κ1) is 19.0. The molecule has 0 radical (unpaired) electrons. The molecule has 2 aromatic carbocycles. The highest BCUT2D eigenvalue weighted by Gasteiger charge is 2.27. The van der Waals surface area contributed by atoms with E-state index in [0.717, 1.165) is 24.8 Å². The predicted molar refractivity (Wildman–Crippen MR) is 110 cm³/mol. The fraction of sp³-hybridized carbons (Fsp3) is 0.500. The highest BCUT2D eigenvalue weighted by Crippen LogP contribution is 2.32. The van der Waals surface area contributed by atoms with Crippen LogP contribution in [0.25, 0.3) is 0 Å². The molecule has 3 rings (SSSR count). The molecule has 0 amide bonds. The van der Waals surface area contributed by atoms with E-state index < -0.39 is 0 Å². The topological polar surface area (TPSA) is 21.3 Å². The van der Waals surface area contributed by atoms with Crippen molar-refractivity contribution in [1.82, 2.24) is 5.32 Å². The maximum atomic E-state index is 6.28. The van der Waals surface area contributed by atoms with E-state index in [9.17, 15) is 0 Å². The van der Waals surface area contributed by atoms with E-state index in [1.54, 1.807) is 0 Å². The van der Waals surface area contributed by atoms with Crippen LogP contribution in [0.15, 0.2) is 48.5 Å². The molecule has 140 valence electrons. The van der Waals surface area contributed by atoms with Gasteiger partial charge >= 0.3 is 0 Å². The number of ether oxygens (including phenoxy) is 1. The van der Waals surface area contributed by atoms with Gasteiger partial charge in [0.1, 0.15) is 5.75 Å². The van der Waals surface area contributed by atoms with Gasteiger partial charge in [0.15, 0.2) is 0 Å². The lowest BCUT2D eigenvalue weighted by Gasteiger charge is -2.33. The zero-order valence-electron chi connectivity index (χ0n) is 16.5. The van der Waals surface area contributed by atoms with Crippen LogP contribution in [-0.2, 0) is 6.54 Å². The van der Waals surface area contributed by atoms with Crippen molar-refractivity contribution >= 4 is 0 Å². The van der Waals surface area contributed by atoms with Crippen LogP contribution in [0.1, 0.15) is 49.3 Å². The van der Waals surface area contributed by atoms with Crippen molar-refractivity contribution in [2.24, 2.45) is 11.8 Å².